The molecule has 0 unspecified atom stereocenters. The number of halogens is 1. The van der Waals surface area contributed by atoms with Crippen molar-refractivity contribution in [2.24, 2.45) is 0 Å². The number of rotatable bonds is 8. The molecular weight excluding hydrogens is 318 g/mol. The van der Waals surface area contributed by atoms with E-state index in [4.69, 9.17) is 16.3 Å². The van der Waals surface area contributed by atoms with Gasteiger partial charge in [-0.05, 0) is 17.7 Å². The smallest absolute Gasteiger partial charge is 0.230 e. The molecule has 1 N–H and O–H groups in total. The average molecular weight is 336 g/mol. The van der Waals surface area contributed by atoms with E-state index in [0.29, 0.717) is 29.7 Å². The van der Waals surface area contributed by atoms with Crippen molar-refractivity contribution in [3.63, 3.8) is 0 Å². The maximum atomic E-state index is 11.7. The van der Waals surface area contributed by atoms with Crippen molar-refractivity contribution in [3.8, 4) is 5.75 Å². The topological polar surface area (TPSA) is 38.3 Å². The van der Waals surface area contributed by atoms with Crippen molar-refractivity contribution in [2.45, 2.75) is 5.75 Å². The normalized spacial score (nSPS) is 10.2. The number of para-hydroxylation sites is 1. The number of hydrogen-bond acceptors (Lipinski definition) is 3. The Balaban J connectivity index is 1.57. The van der Waals surface area contributed by atoms with Crippen LogP contribution in [0.1, 0.15) is 5.56 Å². The van der Waals surface area contributed by atoms with E-state index < -0.39 is 0 Å². The van der Waals surface area contributed by atoms with E-state index in [2.05, 4.69) is 17.4 Å². The first kappa shape index (κ1) is 16.7. The van der Waals surface area contributed by atoms with E-state index in [1.165, 1.54) is 5.56 Å². The van der Waals surface area contributed by atoms with Gasteiger partial charge in [-0.1, -0.05) is 54.1 Å². The van der Waals surface area contributed by atoms with E-state index in [1.807, 2.05) is 30.3 Å². The molecule has 0 saturated carbocycles. The number of ether oxygens (including phenoxy) is 1. The van der Waals surface area contributed by atoms with Crippen molar-refractivity contribution >= 4 is 29.3 Å². The Bertz CT molecular complexity index is 592. The highest BCUT2D eigenvalue weighted by Gasteiger charge is 2.03. The fourth-order valence-corrected chi connectivity index (χ4v) is 2.81. The third-order valence-electron chi connectivity index (χ3n) is 2.86. The van der Waals surface area contributed by atoms with Gasteiger partial charge in [-0.2, -0.15) is 0 Å². The Kier molecular flexibility index (Phi) is 7.13. The van der Waals surface area contributed by atoms with E-state index in [-0.39, 0.29) is 5.91 Å². The molecule has 0 radical (unpaired) electrons. The molecule has 3 nitrogen and oxygen atoms in total. The van der Waals surface area contributed by atoms with E-state index in [0.717, 1.165) is 5.75 Å². The molecule has 0 heterocycles. The molecule has 0 fully saturated rings. The van der Waals surface area contributed by atoms with Crippen molar-refractivity contribution in [3.05, 3.63) is 65.2 Å². The van der Waals surface area contributed by atoms with Crippen molar-refractivity contribution < 1.29 is 9.53 Å². The number of hydrogen-bond donors (Lipinski definition) is 1. The van der Waals surface area contributed by atoms with E-state index >= 15 is 0 Å². The van der Waals surface area contributed by atoms with Gasteiger partial charge in [0.15, 0.2) is 0 Å². The van der Waals surface area contributed by atoms with Gasteiger partial charge in [-0.3, -0.25) is 4.79 Å². The van der Waals surface area contributed by atoms with Crippen molar-refractivity contribution in [2.75, 3.05) is 18.9 Å². The molecule has 0 aliphatic heterocycles. The van der Waals surface area contributed by atoms with Gasteiger partial charge in [-0.25, -0.2) is 0 Å². The molecule has 0 spiro atoms. The number of amides is 1. The summed E-state index contributed by atoms with van der Waals surface area (Å²) in [6.07, 6.45) is 0. The van der Waals surface area contributed by atoms with Gasteiger partial charge in [0.05, 0.1) is 17.3 Å². The van der Waals surface area contributed by atoms with E-state index in [9.17, 15) is 4.79 Å². The van der Waals surface area contributed by atoms with E-state index in [1.54, 1.807) is 23.9 Å². The molecule has 2 rings (SSSR count). The lowest BCUT2D eigenvalue weighted by molar-refractivity contribution is -0.118. The average Bonchev–Trinajstić information content (AvgIpc) is 2.54. The van der Waals surface area contributed by atoms with Crippen molar-refractivity contribution in [1.82, 2.24) is 5.32 Å². The third kappa shape index (κ3) is 6.00. The highest BCUT2D eigenvalue weighted by molar-refractivity contribution is 7.99. The van der Waals surface area contributed by atoms with Crippen LogP contribution in [-0.4, -0.2) is 24.8 Å². The molecule has 0 aromatic heterocycles. The Morgan fingerprint density at radius 3 is 2.59 bits per heavy atom. The maximum absolute atomic E-state index is 11.7. The molecule has 0 saturated heterocycles. The minimum atomic E-state index is 0.0173. The zero-order valence-corrected chi connectivity index (χ0v) is 13.7. The SMILES string of the molecule is O=C(CSCc1ccccc1)NCCOc1ccccc1Cl. The van der Waals surface area contributed by atoms with Crippen LogP contribution in [0.4, 0.5) is 0 Å². The van der Waals surface area contributed by atoms with Gasteiger partial charge in [-0.15, -0.1) is 11.8 Å². The molecule has 22 heavy (non-hydrogen) atoms. The van der Waals surface area contributed by atoms with Crippen molar-refractivity contribution in [1.29, 1.82) is 0 Å². The summed E-state index contributed by atoms with van der Waals surface area (Å²) in [4.78, 5) is 11.7. The third-order valence-corrected chi connectivity index (χ3v) is 4.18. The Morgan fingerprint density at radius 1 is 1.09 bits per heavy atom. The van der Waals surface area contributed by atoms with Gasteiger partial charge in [0, 0.05) is 5.75 Å². The van der Waals surface area contributed by atoms with Gasteiger partial charge in [0.2, 0.25) is 5.91 Å². The summed E-state index contributed by atoms with van der Waals surface area (Å²) in [5, 5.41) is 3.41. The molecule has 0 atom stereocenters. The molecule has 0 bridgehead atoms. The van der Waals surface area contributed by atoms with Crippen LogP contribution in [0.2, 0.25) is 5.02 Å². The second-order valence-corrected chi connectivity index (χ2v) is 6.00. The van der Waals surface area contributed by atoms with Crippen LogP contribution >= 0.6 is 23.4 Å². The van der Waals surface area contributed by atoms with Crippen LogP contribution in [0.5, 0.6) is 5.75 Å². The minimum Gasteiger partial charge on any atom is -0.490 e. The maximum Gasteiger partial charge on any atom is 0.230 e. The Labute approximate surface area is 140 Å². The van der Waals surface area contributed by atoms with Crippen LogP contribution in [0, 0.1) is 0 Å². The van der Waals surface area contributed by atoms with Crippen LogP contribution in [-0.2, 0) is 10.5 Å². The molecule has 2 aromatic carbocycles. The van der Waals surface area contributed by atoms with Gasteiger partial charge in [0.1, 0.15) is 12.4 Å². The first-order valence-electron chi connectivity index (χ1n) is 7.01. The summed E-state index contributed by atoms with van der Waals surface area (Å²) in [5.74, 6) is 1.94. The molecule has 2 aromatic rings. The summed E-state index contributed by atoms with van der Waals surface area (Å²) in [6.45, 7) is 0.870. The quantitative estimate of drug-likeness (QED) is 0.746. The lowest BCUT2D eigenvalue weighted by Gasteiger charge is -2.09. The van der Waals surface area contributed by atoms with Crippen LogP contribution < -0.4 is 10.1 Å². The fourth-order valence-electron chi connectivity index (χ4n) is 1.80. The monoisotopic (exact) mass is 335 g/mol. The van der Waals surface area contributed by atoms with Crippen LogP contribution in [0.3, 0.4) is 0 Å². The summed E-state index contributed by atoms with van der Waals surface area (Å²) >= 11 is 7.57. The number of carbonyl (C=O) groups excluding carboxylic acids is 1. The predicted octanol–water partition coefficient (Wildman–Crippen LogP) is 3.77. The van der Waals surface area contributed by atoms with Crippen LogP contribution in [0.25, 0.3) is 0 Å². The highest BCUT2D eigenvalue weighted by Crippen LogP contribution is 2.22. The number of nitrogens with one attached hydrogen (secondary N) is 1. The van der Waals surface area contributed by atoms with Crippen LogP contribution in [0.15, 0.2) is 54.6 Å². The summed E-state index contributed by atoms with van der Waals surface area (Å²) in [6, 6.07) is 17.4. The van der Waals surface area contributed by atoms with Gasteiger partial charge >= 0.3 is 0 Å². The standard InChI is InChI=1S/C17H18ClNO2S/c18-15-8-4-5-9-16(15)21-11-10-19-17(20)13-22-12-14-6-2-1-3-7-14/h1-9H,10-13H2,(H,19,20). The zero-order chi connectivity index (χ0) is 15.6. The van der Waals surface area contributed by atoms with Gasteiger partial charge < -0.3 is 10.1 Å². The largest absolute Gasteiger partial charge is 0.490 e. The molecule has 0 aliphatic carbocycles. The lowest BCUT2D eigenvalue weighted by Crippen LogP contribution is -2.29. The number of carbonyl (C=O) groups is 1. The Hall–Kier alpha value is -1.65. The molecular formula is C17H18ClNO2S. The molecule has 1 amide bonds. The number of thioether (sulfide) groups is 1. The Morgan fingerprint density at radius 2 is 1.82 bits per heavy atom. The highest BCUT2D eigenvalue weighted by atomic mass is 35.5. The lowest BCUT2D eigenvalue weighted by atomic mass is 10.2. The van der Waals surface area contributed by atoms with Gasteiger partial charge in [0.25, 0.3) is 0 Å². The first-order valence-corrected chi connectivity index (χ1v) is 8.54. The molecule has 116 valence electrons. The second-order valence-electron chi connectivity index (χ2n) is 4.61. The summed E-state index contributed by atoms with van der Waals surface area (Å²) < 4.78 is 5.51. The first-order chi connectivity index (χ1) is 10.8. The number of benzene rings is 2. The molecule has 5 heteroatoms. The fraction of sp³-hybridized carbons (Fsp3) is 0.235. The predicted molar refractivity (Wildman–Crippen MR) is 92.6 cm³/mol. The summed E-state index contributed by atoms with van der Waals surface area (Å²) in [5.41, 5.74) is 1.22. The molecule has 0 aliphatic rings. The summed E-state index contributed by atoms with van der Waals surface area (Å²) in [7, 11) is 0. The zero-order valence-electron chi connectivity index (χ0n) is 12.1. The second kappa shape index (κ2) is 9.38. The minimum absolute atomic E-state index is 0.0173.